The molecule has 0 aliphatic heterocycles. The minimum absolute atomic E-state index is 0.311. The second-order valence-corrected chi connectivity index (χ2v) is 2.21. The van der Waals surface area contributed by atoms with Crippen molar-refractivity contribution in [1.82, 2.24) is 5.32 Å². The second-order valence-electron chi connectivity index (χ2n) is 2.21. The zero-order valence-electron chi connectivity index (χ0n) is 5.98. The normalized spacial score (nSPS) is 13.7. The Morgan fingerprint density at radius 1 is 1.67 bits per heavy atom. The molecule has 0 radical (unpaired) electrons. The Bertz CT molecular complexity index is 59.0. The molecule has 0 rings (SSSR count). The maximum atomic E-state index is 6.83. The number of hydrogen-bond acceptors (Lipinski definition) is 2. The fraction of sp³-hybridized carbons (Fsp3) is 1.00. The van der Waals surface area contributed by atoms with Gasteiger partial charge in [0, 0.05) is 6.04 Å². The van der Waals surface area contributed by atoms with Crippen LogP contribution in [0.2, 0.25) is 0 Å². The van der Waals surface area contributed by atoms with Gasteiger partial charge in [0.15, 0.2) is 0 Å². The van der Waals surface area contributed by atoms with Crippen molar-refractivity contribution in [2.75, 3.05) is 13.3 Å². The number of hydrogen-bond donors (Lipinski definition) is 2. The van der Waals surface area contributed by atoms with E-state index in [0.29, 0.717) is 12.8 Å². The highest BCUT2D eigenvalue weighted by Gasteiger charge is 1.97. The Hall–Kier alpha value is -0.120. The molecule has 1 atom stereocenters. The minimum atomic E-state index is 0.311. The lowest BCUT2D eigenvalue weighted by atomic mass is 10.2. The quantitative estimate of drug-likeness (QED) is 0.388. The Balaban J connectivity index is 2.95. The van der Waals surface area contributed by atoms with Crippen LogP contribution in [0.15, 0.2) is 0 Å². The molecule has 0 heterocycles. The third-order valence-electron chi connectivity index (χ3n) is 1.29. The largest absolute Gasteiger partial charge is 0.434 e. The van der Waals surface area contributed by atoms with E-state index in [-0.39, 0.29) is 0 Å². The van der Waals surface area contributed by atoms with E-state index in [1.165, 1.54) is 0 Å². The maximum absolute atomic E-state index is 6.83. The lowest BCUT2D eigenvalue weighted by Crippen LogP contribution is -2.27. The molecule has 0 aromatic carbocycles. The van der Waals surface area contributed by atoms with E-state index in [1.54, 1.807) is 0 Å². The smallest absolute Gasteiger partial charge is 0.200 e. The zero-order chi connectivity index (χ0) is 7.11. The van der Waals surface area contributed by atoms with Crippen LogP contribution in [0.1, 0.15) is 19.8 Å². The van der Waals surface area contributed by atoms with Gasteiger partial charge in [0.05, 0.1) is 0 Å². The van der Waals surface area contributed by atoms with Crippen LogP contribution in [0.4, 0.5) is 0 Å². The minimum Gasteiger partial charge on any atom is -0.434 e. The molecule has 0 fully saturated rings. The van der Waals surface area contributed by atoms with Gasteiger partial charge >= 0.3 is 0 Å². The zero-order valence-corrected chi connectivity index (χ0v) is 5.98. The summed E-state index contributed by atoms with van der Waals surface area (Å²) in [5.74, 6) is 0. The molecule has 0 saturated heterocycles. The summed E-state index contributed by atoms with van der Waals surface area (Å²) >= 11 is 0. The van der Waals surface area contributed by atoms with E-state index in [1.807, 2.05) is 0 Å². The molecular weight excluding hydrogens is 116 g/mol. The predicted octanol–water partition coefficient (Wildman–Crippen LogP) is -0.615. The first kappa shape index (κ1) is 8.88. The molecule has 0 unspecified atom stereocenters. The van der Waals surface area contributed by atoms with Crippen LogP contribution in [0.5, 0.6) is 0 Å². The third-order valence-corrected chi connectivity index (χ3v) is 1.29. The van der Waals surface area contributed by atoms with Crippen molar-refractivity contribution < 1.29 is 5.11 Å². The molecule has 56 valence electrons. The van der Waals surface area contributed by atoms with E-state index in [2.05, 4.69) is 12.2 Å². The first-order valence-electron chi connectivity index (χ1n) is 3.39. The summed E-state index contributed by atoms with van der Waals surface area (Å²) in [6, 6.07) is 0.450. The summed E-state index contributed by atoms with van der Waals surface area (Å²) < 4.78 is 0. The standard InChI is InChI=1S/C6H16N2O/c1-6(8-5-9)3-2-4-7/h6,8-9H,2-5,7H2,1H3/p+1/t6-/m0/s1. The Kier molecular flexibility index (Phi) is 5.93. The highest BCUT2D eigenvalue weighted by Crippen LogP contribution is 1.92. The number of nitrogens with one attached hydrogen (secondary N) is 1. The highest BCUT2D eigenvalue weighted by molar-refractivity contribution is 4.56. The van der Waals surface area contributed by atoms with E-state index in [9.17, 15) is 0 Å². The Morgan fingerprint density at radius 2 is 2.33 bits per heavy atom. The number of nitrogens with two attached hydrogens (primary N) is 1. The molecule has 0 bridgehead atoms. The van der Waals surface area contributed by atoms with E-state index < -0.39 is 0 Å². The van der Waals surface area contributed by atoms with Crippen LogP contribution in [-0.2, 0) is 0 Å². The van der Waals surface area contributed by atoms with E-state index in [0.717, 1.165) is 19.4 Å². The SMILES string of the molecule is C[C@@H](CCCN)NC[OH2+]. The molecule has 3 nitrogen and oxygen atoms in total. The van der Waals surface area contributed by atoms with Crippen molar-refractivity contribution in [1.29, 1.82) is 0 Å². The van der Waals surface area contributed by atoms with Gasteiger partial charge in [-0.15, -0.1) is 0 Å². The van der Waals surface area contributed by atoms with Crippen molar-refractivity contribution in [2.45, 2.75) is 25.8 Å². The van der Waals surface area contributed by atoms with Gasteiger partial charge in [-0.05, 0) is 26.3 Å². The number of rotatable bonds is 5. The molecule has 3 heteroatoms. The average Bonchev–Trinajstić information content (AvgIpc) is 1.85. The summed E-state index contributed by atoms with van der Waals surface area (Å²) in [4.78, 5) is 0. The molecule has 0 aromatic rings. The van der Waals surface area contributed by atoms with Crippen molar-refractivity contribution in [3.8, 4) is 0 Å². The van der Waals surface area contributed by atoms with Crippen LogP contribution in [0, 0.1) is 0 Å². The van der Waals surface area contributed by atoms with Crippen molar-refractivity contribution >= 4 is 0 Å². The van der Waals surface area contributed by atoms with Crippen molar-refractivity contribution in [3.05, 3.63) is 0 Å². The summed E-state index contributed by atoms with van der Waals surface area (Å²) in [7, 11) is 0. The first-order chi connectivity index (χ1) is 4.31. The Labute approximate surface area is 56.2 Å². The molecule has 0 aliphatic rings. The monoisotopic (exact) mass is 133 g/mol. The molecule has 0 spiro atoms. The van der Waals surface area contributed by atoms with Gasteiger partial charge in [0.25, 0.3) is 0 Å². The fourth-order valence-electron chi connectivity index (χ4n) is 0.700. The van der Waals surface area contributed by atoms with Crippen LogP contribution in [0.25, 0.3) is 0 Å². The van der Waals surface area contributed by atoms with Crippen molar-refractivity contribution in [3.63, 3.8) is 0 Å². The summed E-state index contributed by atoms with van der Waals surface area (Å²) in [5, 5.41) is 9.82. The van der Waals surface area contributed by atoms with Crippen LogP contribution < -0.4 is 11.1 Å². The fourth-order valence-corrected chi connectivity index (χ4v) is 0.700. The van der Waals surface area contributed by atoms with Crippen molar-refractivity contribution in [2.24, 2.45) is 5.73 Å². The molecule has 0 saturated carbocycles. The molecule has 0 aromatic heterocycles. The van der Waals surface area contributed by atoms with Gasteiger partial charge in [-0.25, -0.2) is 0 Å². The summed E-state index contributed by atoms with van der Waals surface area (Å²) in [6.45, 7) is 3.14. The third kappa shape index (κ3) is 5.76. The molecule has 0 amide bonds. The second kappa shape index (κ2) is 6.01. The predicted molar refractivity (Wildman–Crippen MR) is 39.4 cm³/mol. The lowest BCUT2D eigenvalue weighted by molar-refractivity contribution is 0.240. The Morgan fingerprint density at radius 3 is 2.78 bits per heavy atom. The van der Waals surface area contributed by atoms with Gasteiger partial charge in [0.1, 0.15) is 0 Å². The molecule has 9 heavy (non-hydrogen) atoms. The van der Waals surface area contributed by atoms with Crippen LogP contribution >= 0.6 is 0 Å². The highest BCUT2D eigenvalue weighted by atomic mass is 16.3. The van der Waals surface area contributed by atoms with E-state index in [4.69, 9.17) is 10.8 Å². The summed E-state index contributed by atoms with van der Waals surface area (Å²) in [5.41, 5.74) is 5.30. The topological polar surface area (TPSA) is 60.9 Å². The van der Waals surface area contributed by atoms with Gasteiger partial charge < -0.3 is 10.8 Å². The van der Waals surface area contributed by atoms with Crippen LogP contribution in [-0.4, -0.2) is 24.4 Å². The molecular formula is C6H17N2O+. The molecule has 0 aliphatic carbocycles. The van der Waals surface area contributed by atoms with E-state index >= 15 is 0 Å². The lowest BCUT2D eigenvalue weighted by Gasteiger charge is -2.07. The van der Waals surface area contributed by atoms with Gasteiger partial charge in [0.2, 0.25) is 6.73 Å². The van der Waals surface area contributed by atoms with Gasteiger partial charge in [-0.1, -0.05) is 0 Å². The molecule has 5 N–H and O–H groups in total. The maximum Gasteiger partial charge on any atom is 0.200 e. The summed E-state index contributed by atoms with van der Waals surface area (Å²) in [6.07, 6.45) is 2.13. The van der Waals surface area contributed by atoms with Gasteiger partial charge in [-0.3, -0.25) is 5.32 Å². The first-order valence-corrected chi connectivity index (χ1v) is 3.39. The average molecular weight is 133 g/mol. The van der Waals surface area contributed by atoms with Crippen LogP contribution in [0.3, 0.4) is 0 Å². The van der Waals surface area contributed by atoms with Gasteiger partial charge in [-0.2, -0.15) is 0 Å².